The maximum atomic E-state index is 10.8. The van der Waals surface area contributed by atoms with Crippen LogP contribution in [0.25, 0.3) is 0 Å². The molecule has 0 aliphatic heterocycles. The number of esters is 1. The van der Waals surface area contributed by atoms with Gasteiger partial charge in [0, 0.05) is 33.8 Å². The lowest BCUT2D eigenvalue weighted by Crippen LogP contribution is -2.18. The average molecular weight is 292 g/mol. The molecule has 0 aliphatic carbocycles. The van der Waals surface area contributed by atoms with Crippen molar-refractivity contribution in [1.29, 1.82) is 0 Å². The normalized spacial score (nSPS) is 11.6. The standard InChI is InChI=1S/C9H19NO2.Cl2OS/c1-3-8(10)6-5-7-9(11)12-4-2;1-4(2)3/h8H,3-7,10H2,1-2H3;. The molecule has 7 heteroatoms. The Hall–Kier alpha value is 0.160. The molecule has 0 spiro atoms. The van der Waals surface area contributed by atoms with E-state index in [4.69, 9.17) is 14.7 Å². The second-order valence-electron chi connectivity index (χ2n) is 3.05. The Kier molecular flexibility index (Phi) is 15.3. The molecule has 0 saturated heterocycles. The minimum atomic E-state index is -1.67. The van der Waals surface area contributed by atoms with Crippen LogP contribution in [0.5, 0.6) is 0 Å². The second kappa shape index (κ2) is 13.2. The molecule has 0 aromatic rings. The number of hydrogen-bond donors (Lipinski definition) is 1. The van der Waals surface area contributed by atoms with Gasteiger partial charge in [0.15, 0.2) is 0 Å². The van der Waals surface area contributed by atoms with Crippen molar-refractivity contribution in [2.24, 2.45) is 5.73 Å². The van der Waals surface area contributed by atoms with Gasteiger partial charge in [0.05, 0.1) is 6.61 Å². The highest BCUT2D eigenvalue weighted by molar-refractivity contribution is 8.26. The van der Waals surface area contributed by atoms with Crippen molar-refractivity contribution in [3.05, 3.63) is 0 Å². The summed E-state index contributed by atoms with van der Waals surface area (Å²) >= 11 is 0. The van der Waals surface area contributed by atoms with Gasteiger partial charge in [-0.1, -0.05) is 6.92 Å². The van der Waals surface area contributed by atoms with Gasteiger partial charge in [-0.15, -0.1) is 0 Å². The quantitative estimate of drug-likeness (QED) is 0.603. The third kappa shape index (κ3) is 19.7. The zero-order valence-corrected chi connectivity index (χ0v) is 11.9. The summed E-state index contributed by atoms with van der Waals surface area (Å²) in [5, 5.41) is 0. The van der Waals surface area contributed by atoms with E-state index in [1.165, 1.54) is 0 Å². The van der Waals surface area contributed by atoms with E-state index in [2.05, 4.69) is 28.3 Å². The summed E-state index contributed by atoms with van der Waals surface area (Å²) < 4.78 is 13.9. The molecule has 16 heavy (non-hydrogen) atoms. The first-order valence-corrected chi connectivity index (χ1v) is 7.89. The maximum Gasteiger partial charge on any atom is 0.305 e. The summed E-state index contributed by atoms with van der Waals surface area (Å²) in [5.41, 5.74) is 5.68. The van der Waals surface area contributed by atoms with Crippen LogP contribution in [0, 0.1) is 0 Å². The zero-order valence-electron chi connectivity index (χ0n) is 9.58. The molecular weight excluding hydrogens is 273 g/mol. The molecule has 0 rings (SSSR count). The molecule has 0 aliphatic rings. The Bertz CT molecular complexity index is 201. The van der Waals surface area contributed by atoms with E-state index in [9.17, 15) is 4.79 Å². The fourth-order valence-corrected chi connectivity index (χ4v) is 0.946. The van der Waals surface area contributed by atoms with Crippen LogP contribution in [0.15, 0.2) is 0 Å². The Morgan fingerprint density at radius 1 is 1.44 bits per heavy atom. The third-order valence-corrected chi connectivity index (χ3v) is 1.79. The van der Waals surface area contributed by atoms with Crippen molar-refractivity contribution >= 4 is 36.6 Å². The summed E-state index contributed by atoms with van der Waals surface area (Å²) in [6, 6.07) is 0.236. The van der Waals surface area contributed by atoms with Crippen LogP contribution < -0.4 is 5.73 Å². The molecule has 0 amide bonds. The van der Waals surface area contributed by atoms with Crippen molar-refractivity contribution < 1.29 is 13.7 Å². The van der Waals surface area contributed by atoms with Gasteiger partial charge >= 0.3 is 5.97 Å². The van der Waals surface area contributed by atoms with E-state index < -0.39 is 9.23 Å². The number of carbonyl (C=O) groups excluding carboxylic acids is 1. The van der Waals surface area contributed by atoms with E-state index in [0.29, 0.717) is 13.0 Å². The van der Waals surface area contributed by atoms with E-state index in [1.54, 1.807) is 0 Å². The highest BCUT2D eigenvalue weighted by atomic mass is 36.0. The first-order chi connectivity index (χ1) is 7.43. The van der Waals surface area contributed by atoms with E-state index in [1.807, 2.05) is 6.92 Å². The molecule has 1 unspecified atom stereocenters. The molecule has 0 aromatic carbocycles. The van der Waals surface area contributed by atoms with Gasteiger partial charge in [0.2, 0.25) is 9.23 Å². The number of carbonyl (C=O) groups is 1. The van der Waals surface area contributed by atoms with Gasteiger partial charge in [0.1, 0.15) is 0 Å². The summed E-state index contributed by atoms with van der Waals surface area (Å²) in [4.78, 5) is 10.8. The maximum absolute atomic E-state index is 10.8. The topological polar surface area (TPSA) is 69.4 Å². The van der Waals surface area contributed by atoms with E-state index >= 15 is 0 Å². The summed E-state index contributed by atoms with van der Waals surface area (Å²) in [7, 11) is 7.36. The summed E-state index contributed by atoms with van der Waals surface area (Å²) in [6.45, 7) is 4.34. The lowest BCUT2D eigenvalue weighted by Gasteiger charge is -2.07. The van der Waals surface area contributed by atoms with Gasteiger partial charge in [-0.3, -0.25) is 4.79 Å². The van der Waals surface area contributed by atoms with Crippen LogP contribution >= 0.6 is 21.4 Å². The van der Waals surface area contributed by atoms with Crippen molar-refractivity contribution in [2.75, 3.05) is 6.61 Å². The molecule has 0 heterocycles. The summed E-state index contributed by atoms with van der Waals surface area (Å²) in [5.74, 6) is -0.110. The van der Waals surface area contributed by atoms with Gasteiger partial charge in [-0.05, 0) is 26.2 Å². The van der Waals surface area contributed by atoms with Crippen LogP contribution in [0.3, 0.4) is 0 Å². The SMILES string of the molecule is CCOC(=O)CCCC(N)CC.O=S(Cl)Cl. The number of hydrogen-bond acceptors (Lipinski definition) is 4. The van der Waals surface area contributed by atoms with Crippen molar-refractivity contribution in [2.45, 2.75) is 45.6 Å². The van der Waals surface area contributed by atoms with Crippen LogP contribution in [-0.4, -0.2) is 22.8 Å². The summed E-state index contributed by atoms with van der Waals surface area (Å²) in [6.07, 6.45) is 3.23. The average Bonchev–Trinajstić information content (AvgIpc) is 2.17. The smallest absolute Gasteiger partial charge is 0.305 e. The number of ether oxygens (including phenoxy) is 1. The van der Waals surface area contributed by atoms with Gasteiger partial charge < -0.3 is 10.5 Å². The minimum Gasteiger partial charge on any atom is -0.466 e. The zero-order chi connectivity index (χ0) is 13.0. The molecule has 1 atom stereocenters. The molecule has 0 fully saturated rings. The van der Waals surface area contributed by atoms with Gasteiger partial charge in [0.25, 0.3) is 0 Å². The monoisotopic (exact) mass is 291 g/mol. The number of rotatable bonds is 6. The second-order valence-corrected chi connectivity index (χ2v) is 5.57. The molecular formula is C9H19Cl2NO3S. The predicted octanol–water partition coefficient (Wildman–Crippen LogP) is 2.50. The molecule has 0 bridgehead atoms. The van der Waals surface area contributed by atoms with Crippen molar-refractivity contribution in [3.8, 4) is 0 Å². The van der Waals surface area contributed by atoms with Crippen LogP contribution in [-0.2, 0) is 18.8 Å². The van der Waals surface area contributed by atoms with Gasteiger partial charge in [-0.25, -0.2) is 4.21 Å². The lowest BCUT2D eigenvalue weighted by atomic mass is 10.1. The fourth-order valence-electron chi connectivity index (χ4n) is 0.946. The van der Waals surface area contributed by atoms with Crippen LogP contribution in [0.2, 0.25) is 0 Å². The third-order valence-electron chi connectivity index (χ3n) is 1.79. The lowest BCUT2D eigenvalue weighted by molar-refractivity contribution is -0.143. The molecule has 0 saturated carbocycles. The van der Waals surface area contributed by atoms with Crippen molar-refractivity contribution in [1.82, 2.24) is 0 Å². The number of halogens is 2. The fraction of sp³-hybridized carbons (Fsp3) is 0.889. The molecule has 4 nitrogen and oxygen atoms in total. The molecule has 0 aromatic heterocycles. The first kappa shape index (κ1) is 18.5. The molecule has 98 valence electrons. The predicted molar refractivity (Wildman–Crippen MR) is 68.6 cm³/mol. The number of nitrogens with two attached hydrogens (primary N) is 1. The Balaban J connectivity index is 0. The Morgan fingerprint density at radius 3 is 2.31 bits per heavy atom. The van der Waals surface area contributed by atoms with Gasteiger partial charge in [-0.2, -0.15) is 0 Å². The van der Waals surface area contributed by atoms with E-state index in [-0.39, 0.29) is 12.0 Å². The molecule has 2 N–H and O–H groups in total. The van der Waals surface area contributed by atoms with Crippen LogP contribution in [0.4, 0.5) is 0 Å². The van der Waals surface area contributed by atoms with Crippen molar-refractivity contribution in [3.63, 3.8) is 0 Å². The molecule has 0 radical (unpaired) electrons. The Labute approximate surface area is 108 Å². The highest BCUT2D eigenvalue weighted by Crippen LogP contribution is 2.02. The minimum absolute atomic E-state index is 0.110. The van der Waals surface area contributed by atoms with E-state index in [0.717, 1.165) is 19.3 Å². The first-order valence-electron chi connectivity index (χ1n) is 5.09. The Morgan fingerprint density at radius 2 is 1.94 bits per heavy atom. The van der Waals surface area contributed by atoms with Crippen LogP contribution in [0.1, 0.15) is 39.5 Å². The highest BCUT2D eigenvalue weighted by Gasteiger charge is 2.03. The largest absolute Gasteiger partial charge is 0.466 e.